The van der Waals surface area contributed by atoms with Crippen molar-refractivity contribution in [3.63, 3.8) is 0 Å². The average Bonchev–Trinajstić information content (AvgIpc) is 3.47. The summed E-state index contributed by atoms with van der Waals surface area (Å²) < 4.78 is 32.5. The van der Waals surface area contributed by atoms with Gasteiger partial charge in [0.25, 0.3) is 5.91 Å². The molecule has 3 saturated heterocycles. The van der Waals surface area contributed by atoms with Crippen LogP contribution >= 0.6 is 0 Å². The number of alkyl halides is 2. The zero-order valence-electron chi connectivity index (χ0n) is 21.2. The number of piperazine rings is 1. The summed E-state index contributed by atoms with van der Waals surface area (Å²) in [6, 6.07) is 5.33. The van der Waals surface area contributed by atoms with E-state index in [1.807, 2.05) is 26.0 Å². The van der Waals surface area contributed by atoms with Crippen LogP contribution in [0.1, 0.15) is 37.6 Å². The van der Waals surface area contributed by atoms with E-state index < -0.39 is 42.3 Å². The lowest BCUT2D eigenvalue weighted by atomic mass is 9.96. The summed E-state index contributed by atoms with van der Waals surface area (Å²) in [7, 11) is 0. The van der Waals surface area contributed by atoms with Crippen molar-refractivity contribution in [2.45, 2.75) is 51.8 Å². The lowest BCUT2D eigenvalue weighted by molar-refractivity contribution is -0.139. The molecule has 0 bridgehead atoms. The molecule has 0 unspecified atom stereocenters. The van der Waals surface area contributed by atoms with Crippen molar-refractivity contribution < 1.29 is 27.9 Å². The van der Waals surface area contributed by atoms with Gasteiger partial charge in [0, 0.05) is 44.0 Å². The Labute approximate surface area is 210 Å². The first kappa shape index (κ1) is 26.5. The first-order valence-electron chi connectivity index (χ1n) is 12.9. The van der Waals surface area contributed by atoms with Crippen molar-refractivity contribution in [3.05, 3.63) is 29.8 Å². The van der Waals surface area contributed by atoms with Gasteiger partial charge in [-0.2, -0.15) is 0 Å². The molecule has 0 spiro atoms. The number of amides is 2. The van der Waals surface area contributed by atoms with Gasteiger partial charge in [0.1, 0.15) is 18.7 Å². The van der Waals surface area contributed by atoms with Crippen LogP contribution in [0.5, 0.6) is 0 Å². The molecule has 0 aliphatic carbocycles. The summed E-state index contributed by atoms with van der Waals surface area (Å²) in [5.41, 5.74) is 1.45. The van der Waals surface area contributed by atoms with Crippen molar-refractivity contribution in [3.8, 4) is 0 Å². The Morgan fingerprint density at radius 3 is 2.36 bits per heavy atom. The fourth-order valence-electron chi connectivity index (χ4n) is 5.37. The zero-order valence-corrected chi connectivity index (χ0v) is 21.2. The lowest BCUT2D eigenvalue weighted by Crippen LogP contribution is -2.54. The SMILES string of the molecule is CC[C@H](C)[C@H](NC(=O)c1ccc(N2CCN(CC)CC2)cc1)C(=O)N1C[C@@H](C(F)F)[C@H]2OCC(=O)[C@H]21. The Bertz CT molecular complexity index is 952. The number of hydrogen-bond donors (Lipinski definition) is 1. The number of carbonyl (C=O) groups excluding carboxylic acids is 3. The summed E-state index contributed by atoms with van der Waals surface area (Å²) >= 11 is 0. The quantitative estimate of drug-likeness (QED) is 0.581. The smallest absolute Gasteiger partial charge is 0.251 e. The minimum absolute atomic E-state index is 0.253. The largest absolute Gasteiger partial charge is 0.369 e. The molecule has 3 aliphatic rings. The Balaban J connectivity index is 1.46. The molecule has 3 fully saturated rings. The number of ketones is 1. The highest BCUT2D eigenvalue weighted by atomic mass is 19.3. The summed E-state index contributed by atoms with van der Waals surface area (Å²) in [5, 5.41) is 2.82. The van der Waals surface area contributed by atoms with E-state index in [0.29, 0.717) is 12.0 Å². The number of nitrogens with zero attached hydrogens (tertiary/aromatic N) is 3. The maximum atomic E-state index is 13.6. The molecule has 0 saturated carbocycles. The van der Waals surface area contributed by atoms with E-state index in [2.05, 4.69) is 22.0 Å². The highest BCUT2D eigenvalue weighted by Gasteiger charge is 2.56. The average molecular weight is 507 g/mol. The van der Waals surface area contributed by atoms with Crippen molar-refractivity contribution >= 4 is 23.3 Å². The number of fused-ring (bicyclic) bond motifs is 1. The normalized spacial score (nSPS) is 26.3. The third-order valence-electron chi connectivity index (χ3n) is 7.91. The molecule has 3 heterocycles. The fourth-order valence-corrected chi connectivity index (χ4v) is 5.37. The Morgan fingerprint density at radius 1 is 1.11 bits per heavy atom. The molecule has 4 rings (SSSR count). The van der Waals surface area contributed by atoms with Crippen molar-refractivity contribution in [1.82, 2.24) is 15.1 Å². The second-order valence-electron chi connectivity index (χ2n) is 9.98. The number of nitrogens with one attached hydrogen (secondary N) is 1. The van der Waals surface area contributed by atoms with Gasteiger partial charge in [-0.1, -0.05) is 27.2 Å². The number of halogens is 2. The summed E-state index contributed by atoms with van der Waals surface area (Å²) in [4.78, 5) is 44.9. The van der Waals surface area contributed by atoms with Crippen LogP contribution in [0.3, 0.4) is 0 Å². The number of hydrogen-bond acceptors (Lipinski definition) is 6. The van der Waals surface area contributed by atoms with Gasteiger partial charge in [-0.3, -0.25) is 14.4 Å². The summed E-state index contributed by atoms with van der Waals surface area (Å²) in [5.74, 6) is -2.77. The van der Waals surface area contributed by atoms with Gasteiger partial charge in [0.05, 0.1) is 12.0 Å². The highest BCUT2D eigenvalue weighted by Crippen LogP contribution is 2.36. The van der Waals surface area contributed by atoms with E-state index in [0.717, 1.165) is 38.4 Å². The molecular formula is C26H36F2N4O4. The number of likely N-dealkylation sites (tertiary alicyclic amines) is 1. The van der Waals surface area contributed by atoms with E-state index in [1.54, 1.807) is 12.1 Å². The number of carbonyl (C=O) groups is 3. The standard InChI is InChI=1S/C26H36F2N4O4/c1-4-16(3)21(26(35)32-14-19(24(27)28)23-22(32)20(33)15-36-23)29-25(34)17-6-8-18(9-7-17)31-12-10-30(5-2)11-13-31/h6-9,16,19,21-24H,4-5,10-15H2,1-3H3,(H,29,34)/t16-,19+,21-,22+,23+/m0/s1. The molecule has 0 radical (unpaired) electrons. The van der Waals surface area contributed by atoms with Crippen LogP contribution in [0.15, 0.2) is 24.3 Å². The number of rotatable bonds is 8. The van der Waals surface area contributed by atoms with E-state index in [1.165, 1.54) is 4.90 Å². The van der Waals surface area contributed by atoms with E-state index in [-0.39, 0.29) is 24.9 Å². The number of benzene rings is 1. The van der Waals surface area contributed by atoms with Crippen LogP contribution in [-0.2, 0) is 14.3 Å². The van der Waals surface area contributed by atoms with Gasteiger partial charge >= 0.3 is 0 Å². The van der Waals surface area contributed by atoms with Crippen molar-refractivity contribution in [1.29, 1.82) is 0 Å². The van der Waals surface area contributed by atoms with E-state index >= 15 is 0 Å². The van der Waals surface area contributed by atoms with Gasteiger partial charge in [-0.25, -0.2) is 8.78 Å². The number of anilines is 1. The maximum absolute atomic E-state index is 13.6. The van der Waals surface area contributed by atoms with Crippen molar-refractivity contribution in [2.75, 3.05) is 50.8 Å². The van der Waals surface area contributed by atoms with Crippen LogP contribution in [0, 0.1) is 11.8 Å². The first-order chi connectivity index (χ1) is 17.2. The molecule has 5 atom stereocenters. The second-order valence-corrected chi connectivity index (χ2v) is 9.98. The summed E-state index contributed by atoms with van der Waals surface area (Å²) in [6.07, 6.45) is -3.12. The van der Waals surface area contributed by atoms with Gasteiger partial charge in [0.2, 0.25) is 12.3 Å². The molecule has 198 valence electrons. The van der Waals surface area contributed by atoms with Gasteiger partial charge < -0.3 is 24.8 Å². The topological polar surface area (TPSA) is 82.2 Å². The molecule has 1 aromatic rings. The maximum Gasteiger partial charge on any atom is 0.251 e. The zero-order chi connectivity index (χ0) is 26.0. The van der Waals surface area contributed by atoms with E-state index in [4.69, 9.17) is 4.74 Å². The first-order valence-corrected chi connectivity index (χ1v) is 12.9. The Kier molecular flexibility index (Phi) is 8.24. The van der Waals surface area contributed by atoms with Gasteiger partial charge in [-0.15, -0.1) is 0 Å². The van der Waals surface area contributed by atoms with Crippen molar-refractivity contribution in [2.24, 2.45) is 11.8 Å². The molecule has 8 nitrogen and oxygen atoms in total. The molecule has 0 aromatic heterocycles. The van der Waals surface area contributed by atoms with Gasteiger partial charge in [0.15, 0.2) is 5.78 Å². The highest BCUT2D eigenvalue weighted by molar-refractivity contribution is 5.99. The third-order valence-corrected chi connectivity index (χ3v) is 7.91. The predicted molar refractivity (Wildman–Crippen MR) is 131 cm³/mol. The second kappa shape index (κ2) is 11.2. The molecule has 1 N–H and O–H groups in total. The molecule has 1 aromatic carbocycles. The van der Waals surface area contributed by atoms with Crippen LogP contribution in [-0.4, -0.2) is 97.9 Å². The van der Waals surface area contributed by atoms with Crippen LogP contribution in [0.25, 0.3) is 0 Å². The number of Topliss-reactive ketones (excluding diaryl/α,β-unsaturated/α-hetero) is 1. The Morgan fingerprint density at radius 2 is 1.78 bits per heavy atom. The molecule has 2 amide bonds. The molecule has 10 heteroatoms. The minimum Gasteiger partial charge on any atom is -0.369 e. The number of ether oxygens (including phenoxy) is 1. The van der Waals surface area contributed by atoms with Crippen LogP contribution < -0.4 is 10.2 Å². The van der Waals surface area contributed by atoms with Crippen LogP contribution in [0.4, 0.5) is 14.5 Å². The monoisotopic (exact) mass is 506 g/mol. The predicted octanol–water partition coefficient (Wildman–Crippen LogP) is 2.03. The lowest BCUT2D eigenvalue weighted by Gasteiger charge is -2.35. The minimum atomic E-state index is -2.71. The molecule has 36 heavy (non-hydrogen) atoms. The molecule has 3 aliphatic heterocycles. The summed E-state index contributed by atoms with van der Waals surface area (Å²) in [6.45, 7) is 10.2. The van der Waals surface area contributed by atoms with Gasteiger partial charge in [-0.05, 0) is 36.7 Å². The fraction of sp³-hybridized carbons (Fsp3) is 0.654. The Hall–Kier alpha value is -2.59. The molecular weight excluding hydrogens is 470 g/mol. The third kappa shape index (κ3) is 5.25. The van der Waals surface area contributed by atoms with Crippen LogP contribution in [0.2, 0.25) is 0 Å². The van der Waals surface area contributed by atoms with E-state index in [9.17, 15) is 23.2 Å². The number of likely N-dealkylation sites (N-methyl/N-ethyl adjacent to an activating group) is 1.